The first-order valence-corrected chi connectivity index (χ1v) is 12.8. The number of fused-ring (bicyclic) bond motifs is 1. The molecule has 0 spiro atoms. The lowest BCUT2D eigenvalue weighted by Gasteiger charge is -2.35. The largest absolute Gasteiger partial charge is 0.457 e. The van der Waals surface area contributed by atoms with Gasteiger partial charge in [-0.1, -0.05) is 18.2 Å². The van der Waals surface area contributed by atoms with Gasteiger partial charge in [-0.25, -0.2) is 0 Å². The molecule has 1 amide bonds. The zero-order chi connectivity index (χ0) is 26.5. The summed E-state index contributed by atoms with van der Waals surface area (Å²) in [6.45, 7) is 5.65. The van der Waals surface area contributed by atoms with Gasteiger partial charge in [0.1, 0.15) is 46.8 Å². The van der Waals surface area contributed by atoms with E-state index >= 15 is 0 Å². The Morgan fingerprint density at radius 1 is 1.11 bits per heavy atom. The summed E-state index contributed by atoms with van der Waals surface area (Å²) in [5.74, 6) is 0.139. The lowest BCUT2D eigenvalue weighted by molar-refractivity contribution is -0.120. The minimum Gasteiger partial charge on any atom is -0.457 e. The van der Waals surface area contributed by atoms with E-state index in [0.29, 0.717) is 23.6 Å². The lowest BCUT2D eigenvalue weighted by atomic mass is 10.0. The highest BCUT2D eigenvalue weighted by molar-refractivity contribution is 7.95. The molecule has 3 aromatic rings. The Morgan fingerprint density at radius 3 is 2.54 bits per heavy atom. The second kappa shape index (κ2) is 11.8. The number of amides is 1. The van der Waals surface area contributed by atoms with Crippen LogP contribution in [0.1, 0.15) is 19.6 Å². The molecular weight excluding hydrogens is 494 g/mol. The molecule has 0 unspecified atom stereocenters. The van der Waals surface area contributed by atoms with Gasteiger partial charge in [0, 0.05) is 42.5 Å². The number of aliphatic hydroxyl groups excluding tert-OH is 3. The highest BCUT2D eigenvalue weighted by Crippen LogP contribution is 2.30. The molecule has 4 N–H and O–H groups in total. The third-order valence-electron chi connectivity index (χ3n) is 6.29. The van der Waals surface area contributed by atoms with Gasteiger partial charge in [-0.3, -0.25) is 4.79 Å². The lowest BCUT2D eigenvalue weighted by Crippen LogP contribution is -2.55. The van der Waals surface area contributed by atoms with E-state index in [2.05, 4.69) is 42.3 Å². The molecule has 1 aliphatic heterocycles. The van der Waals surface area contributed by atoms with Crippen LogP contribution >= 0.6 is 12.0 Å². The van der Waals surface area contributed by atoms with Crippen LogP contribution in [0.15, 0.2) is 58.5 Å². The average molecular weight is 524 g/mol. The number of furan rings is 1. The predicted molar refractivity (Wildman–Crippen MR) is 142 cm³/mol. The van der Waals surface area contributed by atoms with Crippen LogP contribution in [0, 0.1) is 11.3 Å². The van der Waals surface area contributed by atoms with Crippen LogP contribution in [0.25, 0.3) is 28.2 Å². The second-order valence-corrected chi connectivity index (χ2v) is 9.47. The van der Waals surface area contributed by atoms with Crippen LogP contribution in [-0.4, -0.2) is 64.6 Å². The quantitative estimate of drug-likeness (QED) is 0.199. The number of hydrogen-bond donors (Lipinski definition) is 4. The first-order valence-electron chi connectivity index (χ1n) is 12.0. The van der Waals surface area contributed by atoms with Crippen molar-refractivity contribution in [3.8, 4) is 17.4 Å². The normalized spacial score (nSPS) is 22.0. The minimum absolute atomic E-state index is 0.241. The van der Waals surface area contributed by atoms with E-state index in [0.717, 1.165) is 29.4 Å². The standard InChI is InChI=1S/C27H29N3O6S/c1-3-30(4-2)20-8-7-16-11-18(6-5-17(16)12-20)22-10-9-21(35-22)13-19(14-28)26(34)29-27-25(33)24(32)23(15-31)36-37-27/h5-13,23-25,27,31-33H,3-4,15H2,1-2H3,(H,29,34)/b19-13+/t23-,24-,25+,27+/m1/s1. The van der Waals surface area contributed by atoms with Crippen molar-refractivity contribution in [1.82, 2.24) is 5.32 Å². The average Bonchev–Trinajstić information content (AvgIpc) is 3.39. The number of nitrogens with one attached hydrogen (secondary N) is 1. The van der Waals surface area contributed by atoms with Gasteiger partial charge < -0.3 is 34.1 Å². The molecule has 4 rings (SSSR count). The molecule has 37 heavy (non-hydrogen) atoms. The maximum Gasteiger partial charge on any atom is 0.263 e. The summed E-state index contributed by atoms with van der Waals surface area (Å²) in [7, 11) is 0. The van der Waals surface area contributed by atoms with Crippen molar-refractivity contribution in [2.24, 2.45) is 0 Å². The van der Waals surface area contributed by atoms with Crippen molar-refractivity contribution < 1.29 is 28.7 Å². The number of nitrogens with zero attached hydrogens (tertiary/aromatic N) is 2. The number of carbonyl (C=O) groups excluding carboxylic acids is 1. The number of aliphatic hydroxyl groups is 3. The summed E-state index contributed by atoms with van der Waals surface area (Å²) in [5, 5.41) is 42.5. The number of anilines is 1. The number of benzene rings is 2. The summed E-state index contributed by atoms with van der Waals surface area (Å²) in [6, 6.07) is 17.6. The van der Waals surface area contributed by atoms with E-state index in [-0.39, 0.29) is 5.57 Å². The molecule has 194 valence electrons. The zero-order valence-electron chi connectivity index (χ0n) is 20.5. The fourth-order valence-electron chi connectivity index (χ4n) is 4.15. The maximum absolute atomic E-state index is 12.6. The minimum atomic E-state index is -1.38. The summed E-state index contributed by atoms with van der Waals surface area (Å²) in [4.78, 5) is 14.9. The van der Waals surface area contributed by atoms with Crippen LogP contribution in [0.2, 0.25) is 0 Å². The van der Waals surface area contributed by atoms with Crippen molar-refractivity contribution in [3.63, 3.8) is 0 Å². The Hall–Kier alpha value is -3.33. The van der Waals surface area contributed by atoms with Crippen molar-refractivity contribution in [3.05, 3.63) is 59.9 Å². The van der Waals surface area contributed by atoms with Gasteiger partial charge >= 0.3 is 0 Å². The van der Waals surface area contributed by atoms with Gasteiger partial charge in [-0.05, 0) is 55.0 Å². The molecule has 0 saturated carbocycles. The molecule has 1 aliphatic rings. The van der Waals surface area contributed by atoms with Crippen molar-refractivity contribution in [2.75, 3.05) is 24.6 Å². The summed E-state index contributed by atoms with van der Waals surface area (Å²) in [5.41, 5.74) is 1.79. The van der Waals surface area contributed by atoms with E-state index in [1.54, 1.807) is 12.1 Å². The Morgan fingerprint density at radius 2 is 1.84 bits per heavy atom. The van der Waals surface area contributed by atoms with Crippen molar-refractivity contribution in [2.45, 2.75) is 37.5 Å². The van der Waals surface area contributed by atoms with Gasteiger partial charge in [0.15, 0.2) is 0 Å². The van der Waals surface area contributed by atoms with Gasteiger partial charge in [0.25, 0.3) is 5.91 Å². The molecule has 0 bridgehead atoms. The van der Waals surface area contributed by atoms with Gasteiger partial charge in [0.05, 0.1) is 6.61 Å². The molecular formula is C27H29N3O6S. The molecule has 1 saturated heterocycles. The number of rotatable bonds is 8. The van der Waals surface area contributed by atoms with Crippen LogP contribution in [0.5, 0.6) is 0 Å². The summed E-state index contributed by atoms with van der Waals surface area (Å²) in [6.07, 6.45) is -2.43. The first-order chi connectivity index (χ1) is 17.9. The fourth-order valence-corrected chi connectivity index (χ4v) is 5.01. The first kappa shape index (κ1) is 26.7. The van der Waals surface area contributed by atoms with E-state index in [9.17, 15) is 20.3 Å². The molecule has 9 nitrogen and oxygen atoms in total. The molecule has 0 radical (unpaired) electrons. The maximum atomic E-state index is 12.6. The van der Waals surface area contributed by atoms with Crippen LogP contribution < -0.4 is 10.2 Å². The molecule has 10 heteroatoms. The SMILES string of the molecule is CCN(CC)c1ccc2cc(-c3ccc(/C=C(\C#N)C(=O)N[C@H]4SO[C@H](CO)[C@@H](O)[C@@H]4O)o3)ccc2c1. The topological polar surface area (TPSA) is 139 Å². The van der Waals surface area contributed by atoms with E-state index in [1.165, 1.54) is 11.8 Å². The molecule has 2 aromatic carbocycles. The van der Waals surface area contributed by atoms with Crippen molar-refractivity contribution >= 4 is 40.5 Å². The highest BCUT2D eigenvalue weighted by Gasteiger charge is 2.40. The number of carbonyl (C=O) groups is 1. The summed E-state index contributed by atoms with van der Waals surface area (Å²) >= 11 is 0.713. The van der Waals surface area contributed by atoms with Crippen molar-refractivity contribution in [1.29, 1.82) is 5.26 Å². The van der Waals surface area contributed by atoms with E-state index in [4.69, 9.17) is 13.7 Å². The molecule has 2 heterocycles. The van der Waals surface area contributed by atoms with Crippen LogP contribution in [0.4, 0.5) is 5.69 Å². The monoisotopic (exact) mass is 523 g/mol. The third kappa shape index (κ3) is 5.82. The van der Waals surface area contributed by atoms with E-state index < -0.39 is 36.2 Å². The van der Waals surface area contributed by atoms with E-state index in [1.807, 2.05) is 24.3 Å². The molecule has 1 fully saturated rings. The molecule has 0 aliphatic carbocycles. The zero-order valence-corrected chi connectivity index (χ0v) is 21.3. The van der Waals surface area contributed by atoms with Crippen LogP contribution in [0.3, 0.4) is 0 Å². The molecule has 1 aromatic heterocycles. The summed E-state index contributed by atoms with van der Waals surface area (Å²) < 4.78 is 11.1. The highest BCUT2D eigenvalue weighted by atomic mass is 32.2. The van der Waals surface area contributed by atoms with Gasteiger partial charge in [0.2, 0.25) is 0 Å². The predicted octanol–water partition coefficient (Wildman–Crippen LogP) is 3.06. The van der Waals surface area contributed by atoms with Gasteiger partial charge in [-0.15, -0.1) is 0 Å². The number of nitriles is 1. The molecule has 4 atom stereocenters. The third-order valence-corrected chi connectivity index (χ3v) is 7.25. The smallest absolute Gasteiger partial charge is 0.263 e. The fraction of sp³-hybridized carbons (Fsp3) is 0.333. The Balaban J connectivity index is 1.49. The van der Waals surface area contributed by atoms with Crippen LogP contribution in [-0.2, 0) is 8.98 Å². The second-order valence-electron chi connectivity index (χ2n) is 8.58. The Labute approximate surface area is 219 Å². The Kier molecular flexibility index (Phi) is 8.53. The Bertz CT molecular complexity index is 1330. The number of hydrogen-bond acceptors (Lipinski definition) is 9. The van der Waals surface area contributed by atoms with Gasteiger partial charge in [-0.2, -0.15) is 5.26 Å².